The highest BCUT2D eigenvalue weighted by atomic mass is 16.5. The van der Waals surface area contributed by atoms with Crippen LogP contribution < -0.4 is 5.73 Å². The molecular weight excluding hydrogens is 214 g/mol. The lowest BCUT2D eigenvalue weighted by molar-refractivity contribution is -0.165. The summed E-state index contributed by atoms with van der Waals surface area (Å²) in [6.07, 6.45) is 7.67. The Kier molecular flexibility index (Phi) is 3.76. The van der Waals surface area contributed by atoms with Gasteiger partial charge in [-0.15, -0.1) is 0 Å². The number of rotatable bonds is 2. The number of nitrogens with two attached hydrogens (primary N) is 1. The van der Waals surface area contributed by atoms with Gasteiger partial charge < -0.3 is 10.5 Å². The standard InChI is InChI=1S/C14H25NO2/c1-10-6-3-4-7-11(10)17-13(16)14(2)9-5-8-12(14)15/h10-12H,3-9,15H2,1-2H3. The number of esters is 1. The Morgan fingerprint density at radius 2 is 1.94 bits per heavy atom. The summed E-state index contributed by atoms with van der Waals surface area (Å²) < 4.78 is 5.74. The van der Waals surface area contributed by atoms with E-state index in [1.807, 2.05) is 6.92 Å². The molecule has 4 unspecified atom stereocenters. The Morgan fingerprint density at radius 1 is 1.24 bits per heavy atom. The maximum Gasteiger partial charge on any atom is 0.313 e. The summed E-state index contributed by atoms with van der Waals surface area (Å²) in [5.41, 5.74) is 5.62. The van der Waals surface area contributed by atoms with Crippen molar-refractivity contribution in [2.24, 2.45) is 17.1 Å². The van der Waals surface area contributed by atoms with Crippen LogP contribution in [0.5, 0.6) is 0 Å². The monoisotopic (exact) mass is 239 g/mol. The Labute approximate surface area is 104 Å². The van der Waals surface area contributed by atoms with Crippen LogP contribution in [0.1, 0.15) is 58.8 Å². The van der Waals surface area contributed by atoms with Crippen molar-refractivity contribution >= 4 is 5.97 Å². The van der Waals surface area contributed by atoms with Crippen LogP contribution in [0.15, 0.2) is 0 Å². The SMILES string of the molecule is CC1CCCCC1OC(=O)C1(C)CCCC1N. The second kappa shape index (κ2) is 4.97. The van der Waals surface area contributed by atoms with E-state index in [9.17, 15) is 4.79 Å². The van der Waals surface area contributed by atoms with E-state index >= 15 is 0 Å². The highest BCUT2D eigenvalue weighted by Crippen LogP contribution is 2.39. The van der Waals surface area contributed by atoms with Gasteiger partial charge in [-0.05, 0) is 44.9 Å². The lowest BCUT2D eigenvalue weighted by atomic mass is 9.84. The van der Waals surface area contributed by atoms with E-state index < -0.39 is 5.41 Å². The van der Waals surface area contributed by atoms with Gasteiger partial charge in [-0.2, -0.15) is 0 Å². The van der Waals surface area contributed by atoms with Crippen molar-refractivity contribution < 1.29 is 9.53 Å². The van der Waals surface area contributed by atoms with Gasteiger partial charge in [0.25, 0.3) is 0 Å². The lowest BCUT2D eigenvalue weighted by Crippen LogP contribution is -2.44. The molecule has 0 heterocycles. The minimum Gasteiger partial charge on any atom is -0.462 e. The van der Waals surface area contributed by atoms with Crippen LogP contribution in [0.4, 0.5) is 0 Å². The number of carbonyl (C=O) groups is 1. The molecule has 2 aliphatic rings. The van der Waals surface area contributed by atoms with Crippen molar-refractivity contribution in [1.29, 1.82) is 0 Å². The molecule has 0 aromatic heterocycles. The van der Waals surface area contributed by atoms with Crippen LogP contribution in [0, 0.1) is 11.3 Å². The zero-order valence-corrected chi connectivity index (χ0v) is 11.1. The number of hydrogen-bond acceptors (Lipinski definition) is 3. The third kappa shape index (κ3) is 2.49. The van der Waals surface area contributed by atoms with E-state index in [2.05, 4.69) is 6.92 Å². The van der Waals surface area contributed by atoms with Crippen molar-refractivity contribution in [2.45, 2.75) is 70.9 Å². The average Bonchev–Trinajstić information content (AvgIpc) is 2.64. The molecule has 2 aliphatic carbocycles. The first-order chi connectivity index (χ1) is 8.04. The van der Waals surface area contributed by atoms with Gasteiger partial charge in [0.1, 0.15) is 6.10 Å². The first-order valence-corrected chi connectivity index (χ1v) is 7.00. The summed E-state index contributed by atoms with van der Waals surface area (Å²) >= 11 is 0. The van der Waals surface area contributed by atoms with Crippen LogP contribution >= 0.6 is 0 Å². The molecule has 0 radical (unpaired) electrons. The van der Waals surface area contributed by atoms with E-state index in [1.54, 1.807) is 0 Å². The smallest absolute Gasteiger partial charge is 0.313 e. The molecular formula is C14H25NO2. The number of ether oxygens (including phenoxy) is 1. The zero-order chi connectivity index (χ0) is 12.5. The summed E-state index contributed by atoms with van der Waals surface area (Å²) in [6, 6.07) is -0.0195. The summed E-state index contributed by atoms with van der Waals surface area (Å²) in [5, 5.41) is 0. The molecule has 2 N–H and O–H groups in total. The van der Waals surface area contributed by atoms with Gasteiger partial charge in [0, 0.05) is 6.04 Å². The molecule has 4 atom stereocenters. The molecule has 0 spiro atoms. The quantitative estimate of drug-likeness (QED) is 0.754. The first kappa shape index (κ1) is 12.9. The molecule has 0 saturated heterocycles. The molecule has 0 bridgehead atoms. The molecule has 2 fully saturated rings. The van der Waals surface area contributed by atoms with E-state index in [1.165, 1.54) is 19.3 Å². The van der Waals surface area contributed by atoms with Crippen molar-refractivity contribution in [2.75, 3.05) is 0 Å². The zero-order valence-electron chi connectivity index (χ0n) is 11.1. The maximum atomic E-state index is 12.3. The second-order valence-corrected chi connectivity index (χ2v) is 6.12. The highest BCUT2D eigenvalue weighted by molar-refractivity contribution is 5.78. The number of hydrogen-bond donors (Lipinski definition) is 1. The molecule has 0 amide bonds. The fraction of sp³-hybridized carbons (Fsp3) is 0.929. The highest BCUT2D eigenvalue weighted by Gasteiger charge is 2.45. The van der Waals surface area contributed by atoms with Gasteiger partial charge in [0.2, 0.25) is 0 Å². The van der Waals surface area contributed by atoms with E-state index in [4.69, 9.17) is 10.5 Å². The largest absolute Gasteiger partial charge is 0.462 e. The van der Waals surface area contributed by atoms with Crippen molar-refractivity contribution in [3.63, 3.8) is 0 Å². The van der Waals surface area contributed by atoms with Crippen molar-refractivity contribution in [1.82, 2.24) is 0 Å². The Bertz CT molecular complexity index is 292. The number of carbonyl (C=O) groups excluding carboxylic acids is 1. The van der Waals surface area contributed by atoms with Gasteiger partial charge in [-0.25, -0.2) is 0 Å². The molecule has 0 aromatic rings. The minimum atomic E-state index is -0.433. The van der Waals surface area contributed by atoms with Crippen LogP contribution in [0.3, 0.4) is 0 Å². The predicted octanol–water partition coefficient (Wildman–Crippen LogP) is 2.63. The normalized spacial score (nSPS) is 42.4. The summed E-state index contributed by atoms with van der Waals surface area (Å²) in [4.78, 5) is 12.3. The van der Waals surface area contributed by atoms with Crippen LogP contribution in [-0.2, 0) is 9.53 Å². The maximum absolute atomic E-state index is 12.3. The molecule has 17 heavy (non-hydrogen) atoms. The van der Waals surface area contributed by atoms with E-state index in [0.29, 0.717) is 5.92 Å². The fourth-order valence-corrected chi connectivity index (χ4v) is 3.18. The third-order valence-corrected chi connectivity index (χ3v) is 4.79. The van der Waals surface area contributed by atoms with Gasteiger partial charge >= 0.3 is 5.97 Å². The molecule has 0 aliphatic heterocycles. The second-order valence-electron chi connectivity index (χ2n) is 6.12. The lowest BCUT2D eigenvalue weighted by Gasteiger charge is -2.33. The molecule has 2 rings (SSSR count). The third-order valence-electron chi connectivity index (χ3n) is 4.79. The Morgan fingerprint density at radius 3 is 2.53 bits per heavy atom. The molecule has 2 saturated carbocycles. The molecule has 3 nitrogen and oxygen atoms in total. The molecule has 0 aromatic carbocycles. The van der Waals surface area contributed by atoms with Crippen LogP contribution in [0.2, 0.25) is 0 Å². The fourth-order valence-electron chi connectivity index (χ4n) is 3.18. The van der Waals surface area contributed by atoms with Gasteiger partial charge in [-0.1, -0.05) is 19.8 Å². The Balaban J connectivity index is 1.96. The molecule has 3 heteroatoms. The van der Waals surface area contributed by atoms with Crippen molar-refractivity contribution in [3.8, 4) is 0 Å². The summed E-state index contributed by atoms with van der Waals surface area (Å²) in [5.74, 6) is 0.454. The molecule has 98 valence electrons. The predicted molar refractivity (Wildman–Crippen MR) is 67.4 cm³/mol. The van der Waals surface area contributed by atoms with Gasteiger partial charge in [-0.3, -0.25) is 4.79 Å². The van der Waals surface area contributed by atoms with Crippen molar-refractivity contribution in [3.05, 3.63) is 0 Å². The summed E-state index contributed by atoms with van der Waals surface area (Å²) in [6.45, 7) is 4.16. The van der Waals surface area contributed by atoms with Crippen LogP contribution in [0.25, 0.3) is 0 Å². The Hall–Kier alpha value is -0.570. The van der Waals surface area contributed by atoms with E-state index in [-0.39, 0.29) is 18.1 Å². The first-order valence-electron chi connectivity index (χ1n) is 7.00. The average molecular weight is 239 g/mol. The summed E-state index contributed by atoms with van der Waals surface area (Å²) in [7, 11) is 0. The topological polar surface area (TPSA) is 52.3 Å². The van der Waals surface area contributed by atoms with Crippen LogP contribution in [-0.4, -0.2) is 18.1 Å². The van der Waals surface area contributed by atoms with E-state index in [0.717, 1.165) is 25.7 Å². The minimum absolute atomic E-state index is 0.0195. The van der Waals surface area contributed by atoms with Gasteiger partial charge in [0.15, 0.2) is 0 Å². The van der Waals surface area contributed by atoms with Gasteiger partial charge in [0.05, 0.1) is 5.41 Å².